The second-order valence-electron chi connectivity index (χ2n) is 4.46. The molecule has 1 aromatic rings. The van der Waals surface area contributed by atoms with E-state index in [0.29, 0.717) is 0 Å². The Morgan fingerprint density at radius 3 is 2.29 bits per heavy atom. The van der Waals surface area contributed by atoms with Crippen molar-refractivity contribution in [1.82, 2.24) is 0 Å². The van der Waals surface area contributed by atoms with Crippen LogP contribution in [0.1, 0.15) is 31.1 Å². The van der Waals surface area contributed by atoms with E-state index in [9.17, 15) is 19.7 Å². The first-order valence-corrected chi connectivity index (χ1v) is 6.48. The van der Waals surface area contributed by atoms with Gasteiger partial charge in [0.15, 0.2) is 0 Å². The first kappa shape index (κ1) is 16.6. The summed E-state index contributed by atoms with van der Waals surface area (Å²) < 4.78 is 10.0. The maximum atomic E-state index is 11.9. The topological polar surface area (TPSA) is 95.7 Å². The number of esters is 2. The van der Waals surface area contributed by atoms with Gasteiger partial charge in [0.05, 0.1) is 23.0 Å². The van der Waals surface area contributed by atoms with Crippen molar-refractivity contribution in [3.8, 4) is 0 Å². The van der Waals surface area contributed by atoms with E-state index in [2.05, 4.69) is 0 Å². The number of nitro groups is 1. The van der Waals surface area contributed by atoms with Crippen LogP contribution in [0.4, 0.5) is 5.69 Å². The van der Waals surface area contributed by atoms with Gasteiger partial charge in [0.2, 0.25) is 0 Å². The fourth-order valence-corrected chi connectivity index (χ4v) is 1.52. The summed E-state index contributed by atoms with van der Waals surface area (Å²) in [5.41, 5.74) is 0.0722. The van der Waals surface area contributed by atoms with Crippen molar-refractivity contribution in [3.63, 3.8) is 0 Å². The van der Waals surface area contributed by atoms with Gasteiger partial charge >= 0.3 is 11.9 Å². The smallest absolute Gasteiger partial charge is 0.338 e. The number of non-ortho nitro benzene ring substituents is 1. The molecule has 0 spiro atoms. The van der Waals surface area contributed by atoms with E-state index < -0.39 is 28.9 Å². The molecule has 114 valence electrons. The fraction of sp³-hybridized carbons (Fsp3) is 0.429. The van der Waals surface area contributed by atoms with Gasteiger partial charge in [-0.3, -0.25) is 14.9 Å². The molecule has 0 aliphatic heterocycles. The number of carbonyl (C=O) groups excluding carboxylic acids is 2. The molecule has 0 saturated heterocycles. The Morgan fingerprint density at radius 2 is 1.81 bits per heavy atom. The van der Waals surface area contributed by atoms with E-state index in [1.165, 1.54) is 24.3 Å². The highest BCUT2D eigenvalue weighted by Crippen LogP contribution is 2.15. The Hall–Kier alpha value is -2.44. The molecule has 0 aliphatic carbocycles. The van der Waals surface area contributed by atoms with Gasteiger partial charge in [0, 0.05) is 12.1 Å². The molecule has 7 heteroatoms. The maximum absolute atomic E-state index is 11.9. The summed E-state index contributed by atoms with van der Waals surface area (Å²) in [5, 5.41) is 10.5. The standard InChI is InChI=1S/C14H17NO6/c1-4-20-13(16)9(2)10(3)21-14(17)11-5-7-12(8-6-11)15(18)19/h5-10H,4H2,1-3H3/t9-,10+/m1/s1. The normalized spacial score (nSPS) is 13.1. The van der Waals surface area contributed by atoms with Crippen LogP contribution >= 0.6 is 0 Å². The number of nitro benzene ring substituents is 1. The van der Waals surface area contributed by atoms with Gasteiger partial charge in [-0.05, 0) is 32.9 Å². The molecule has 1 aromatic carbocycles. The maximum Gasteiger partial charge on any atom is 0.338 e. The number of rotatable bonds is 6. The lowest BCUT2D eigenvalue weighted by Crippen LogP contribution is -2.29. The first-order chi connectivity index (χ1) is 9.86. The van der Waals surface area contributed by atoms with Crippen LogP contribution in [0, 0.1) is 16.0 Å². The Labute approximate surface area is 122 Å². The molecule has 0 amide bonds. The van der Waals surface area contributed by atoms with Crippen molar-refractivity contribution >= 4 is 17.6 Å². The molecular formula is C14H17NO6. The zero-order chi connectivity index (χ0) is 16.0. The van der Waals surface area contributed by atoms with E-state index in [1.54, 1.807) is 20.8 Å². The molecule has 1 rings (SSSR count). The lowest BCUT2D eigenvalue weighted by atomic mass is 10.1. The van der Waals surface area contributed by atoms with Crippen molar-refractivity contribution in [1.29, 1.82) is 0 Å². The van der Waals surface area contributed by atoms with Crippen molar-refractivity contribution in [2.24, 2.45) is 5.92 Å². The first-order valence-electron chi connectivity index (χ1n) is 6.48. The minimum atomic E-state index is -0.660. The summed E-state index contributed by atoms with van der Waals surface area (Å²) in [5.74, 6) is -1.68. The van der Waals surface area contributed by atoms with Crippen LogP contribution in [0.5, 0.6) is 0 Å². The summed E-state index contributed by atoms with van der Waals surface area (Å²) in [6, 6.07) is 5.05. The SMILES string of the molecule is CCOC(=O)[C@H](C)[C@H](C)OC(=O)c1ccc([N+](=O)[O-])cc1. The zero-order valence-corrected chi connectivity index (χ0v) is 12.1. The number of benzene rings is 1. The molecule has 0 aliphatic rings. The third-order valence-corrected chi connectivity index (χ3v) is 2.97. The van der Waals surface area contributed by atoms with Crippen molar-refractivity contribution < 1.29 is 24.0 Å². The van der Waals surface area contributed by atoms with Crippen LogP contribution in [-0.4, -0.2) is 29.6 Å². The predicted molar refractivity (Wildman–Crippen MR) is 73.8 cm³/mol. The average molecular weight is 295 g/mol. The Bertz CT molecular complexity index is 525. The zero-order valence-electron chi connectivity index (χ0n) is 12.1. The highest BCUT2D eigenvalue weighted by atomic mass is 16.6. The molecule has 0 fully saturated rings. The highest BCUT2D eigenvalue weighted by Gasteiger charge is 2.25. The van der Waals surface area contributed by atoms with Crippen molar-refractivity contribution in [3.05, 3.63) is 39.9 Å². The largest absolute Gasteiger partial charge is 0.466 e. The Kier molecular flexibility index (Phi) is 5.83. The molecule has 21 heavy (non-hydrogen) atoms. The van der Waals surface area contributed by atoms with Gasteiger partial charge in [-0.1, -0.05) is 0 Å². The summed E-state index contributed by atoms with van der Waals surface area (Å²) in [6.45, 7) is 5.14. The number of hydrogen-bond acceptors (Lipinski definition) is 6. The molecule has 2 atom stereocenters. The number of ether oxygens (including phenoxy) is 2. The second-order valence-corrected chi connectivity index (χ2v) is 4.46. The Balaban J connectivity index is 2.67. The minimum Gasteiger partial charge on any atom is -0.466 e. The third kappa shape index (κ3) is 4.55. The van der Waals surface area contributed by atoms with Gasteiger partial charge in [-0.2, -0.15) is 0 Å². The van der Waals surface area contributed by atoms with Crippen LogP contribution in [-0.2, 0) is 14.3 Å². The van der Waals surface area contributed by atoms with Crippen LogP contribution in [0.3, 0.4) is 0 Å². The molecule has 0 saturated carbocycles. The summed E-state index contributed by atoms with van der Waals surface area (Å²) >= 11 is 0. The van der Waals surface area contributed by atoms with Crippen molar-refractivity contribution in [2.45, 2.75) is 26.9 Å². The molecule has 0 heterocycles. The van der Waals surface area contributed by atoms with E-state index in [4.69, 9.17) is 9.47 Å². The Morgan fingerprint density at radius 1 is 1.24 bits per heavy atom. The van der Waals surface area contributed by atoms with Gasteiger partial charge in [-0.25, -0.2) is 4.79 Å². The van der Waals surface area contributed by atoms with Crippen LogP contribution < -0.4 is 0 Å². The molecule has 0 N–H and O–H groups in total. The molecule has 0 bridgehead atoms. The fourth-order valence-electron chi connectivity index (χ4n) is 1.52. The van der Waals surface area contributed by atoms with Crippen LogP contribution in [0.2, 0.25) is 0 Å². The van der Waals surface area contributed by atoms with Gasteiger partial charge < -0.3 is 9.47 Å². The quantitative estimate of drug-likeness (QED) is 0.454. The number of nitrogens with zero attached hydrogens (tertiary/aromatic N) is 1. The molecular weight excluding hydrogens is 278 g/mol. The molecule has 0 aromatic heterocycles. The van der Waals surface area contributed by atoms with Crippen LogP contribution in [0.25, 0.3) is 0 Å². The van der Waals surface area contributed by atoms with E-state index in [0.717, 1.165) is 0 Å². The third-order valence-electron chi connectivity index (χ3n) is 2.97. The molecule has 7 nitrogen and oxygen atoms in total. The summed E-state index contributed by atoms with van der Waals surface area (Å²) in [4.78, 5) is 33.4. The summed E-state index contributed by atoms with van der Waals surface area (Å²) in [6.07, 6.45) is -0.660. The van der Waals surface area contributed by atoms with Gasteiger partial charge in [0.25, 0.3) is 5.69 Å². The highest BCUT2D eigenvalue weighted by molar-refractivity contribution is 5.90. The minimum absolute atomic E-state index is 0.112. The van der Waals surface area contributed by atoms with Gasteiger partial charge in [-0.15, -0.1) is 0 Å². The predicted octanol–water partition coefficient (Wildman–Crippen LogP) is 2.34. The molecule has 0 unspecified atom stereocenters. The average Bonchev–Trinajstić information content (AvgIpc) is 2.46. The lowest BCUT2D eigenvalue weighted by Gasteiger charge is -2.18. The van der Waals surface area contributed by atoms with E-state index in [1.807, 2.05) is 0 Å². The molecule has 0 radical (unpaired) electrons. The lowest BCUT2D eigenvalue weighted by molar-refractivity contribution is -0.384. The van der Waals surface area contributed by atoms with Gasteiger partial charge in [0.1, 0.15) is 6.10 Å². The van der Waals surface area contributed by atoms with Crippen molar-refractivity contribution in [2.75, 3.05) is 6.61 Å². The summed E-state index contributed by atoms with van der Waals surface area (Å²) in [7, 11) is 0. The van der Waals surface area contributed by atoms with Crippen LogP contribution in [0.15, 0.2) is 24.3 Å². The monoisotopic (exact) mass is 295 g/mol. The van der Waals surface area contributed by atoms with E-state index >= 15 is 0 Å². The van der Waals surface area contributed by atoms with E-state index in [-0.39, 0.29) is 17.9 Å². The number of hydrogen-bond donors (Lipinski definition) is 0. The number of carbonyl (C=O) groups is 2. The second kappa shape index (κ2) is 7.37.